The van der Waals surface area contributed by atoms with Crippen LogP contribution >= 0.6 is 0 Å². The molecule has 0 fully saturated rings. The molecule has 2 radical (unpaired) electrons. The van der Waals surface area contributed by atoms with Crippen LogP contribution in [0.2, 0.25) is 0 Å². The molecule has 5 rings (SSSR count). The molecule has 37 heavy (non-hydrogen) atoms. The van der Waals surface area contributed by atoms with Crippen LogP contribution in [-0.2, 0) is 21.7 Å². The number of fused-ring (bicyclic) bond motifs is 1. The third kappa shape index (κ3) is 11.2. The number of halogens is 2. The minimum Gasteiger partial charge on any atom is -1.00 e. The third-order valence-electron chi connectivity index (χ3n) is 5.29. The molecule has 0 aromatic heterocycles. The third-order valence-corrected chi connectivity index (χ3v) is 6.53. The second-order valence-corrected chi connectivity index (χ2v) is 9.52. The average Bonchev–Trinajstić information content (AvgIpc) is 3.29. The van der Waals surface area contributed by atoms with Crippen molar-refractivity contribution in [3.8, 4) is 0 Å². The van der Waals surface area contributed by atoms with E-state index in [1.54, 1.807) is 0 Å². The van der Waals surface area contributed by atoms with Crippen LogP contribution in [0.3, 0.4) is 0 Å². The molecular weight excluding hydrogens is 549 g/mol. The monoisotopic (exact) mass is 577 g/mol. The van der Waals surface area contributed by atoms with Crippen LogP contribution in [0.5, 0.6) is 0 Å². The van der Waals surface area contributed by atoms with Crippen molar-refractivity contribution in [3.05, 3.63) is 143 Å². The number of amides is 1. The van der Waals surface area contributed by atoms with E-state index in [0.29, 0.717) is 5.56 Å². The first kappa shape index (κ1) is 34.5. The van der Waals surface area contributed by atoms with Crippen LogP contribution in [0.4, 0.5) is 0 Å². The molecule has 5 aromatic rings. The van der Waals surface area contributed by atoms with Gasteiger partial charge in [0.2, 0.25) is 0 Å². The summed E-state index contributed by atoms with van der Waals surface area (Å²) in [5.74, 6) is -0.593. The number of nitrogens with one attached hydrogen (secondary N) is 1. The standard InChI is InChI=1S/C12H10Si.C10H13NO.C9H7.2ClH.Ti/c1-3-7-11(8-4-1)13-12-9-5-2-6-10-12;1-6-4-7(2)9(10(11)12)8(3)5-6;1-2-5-9-7-3-6-8(9)4-1;;;/h1-10H;4-5H,1-3H3,(H2,11,12);1-7H;2*1H;/q;;-1;;;+4/p-3. The Bertz CT molecular complexity index is 1250. The SMILES string of the molecule is Cc1cc(C)c(C([NH-])=O)c(C)c1.[Cl-].[Cl-].[Ti+4].c1ccc([Si]c2ccccc2)cc1.c1ccc2[cH-]ccc2c1. The van der Waals surface area contributed by atoms with Gasteiger partial charge in [-0.25, -0.2) is 0 Å². The first-order valence-electron chi connectivity index (χ1n) is 11.3. The van der Waals surface area contributed by atoms with Crippen molar-refractivity contribution < 1.29 is 51.3 Å². The Balaban J connectivity index is 0.000000511. The largest absolute Gasteiger partial charge is 4.00 e. The molecule has 0 spiro atoms. The molecular formula is C31H29Cl2NOSiTi. The summed E-state index contributed by atoms with van der Waals surface area (Å²) in [6, 6.07) is 39.7. The van der Waals surface area contributed by atoms with Gasteiger partial charge in [0.15, 0.2) is 0 Å². The Morgan fingerprint density at radius 1 is 0.703 bits per heavy atom. The fourth-order valence-corrected chi connectivity index (χ4v) is 4.87. The van der Waals surface area contributed by atoms with Gasteiger partial charge < -0.3 is 35.3 Å². The van der Waals surface area contributed by atoms with Crippen LogP contribution in [0.25, 0.3) is 16.5 Å². The van der Waals surface area contributed by atoms with Gasteiger partial charge in [-0.2, -0.15) is 17.5 Å². The number of carbonyl (C=O) groups is 1. The predicted molar refractivity (Wildman–Crippen MR) is 147 cm³/mol. The van der Waals surface area contributed by atoms with Gasteiger partial charge in [0.1, 0.15) is 9.52 Å². The van der Waals surface area contributed by atoms with Crippen LogP contribution in [-0.4, -0.2) is 15.4 Å². The molecule has 0 heterocycles. The fourth-order valence-electron chi connectivity index (χ4n) is 3.82. The average molecular weight is 578 g/mol. The van der Waals surface area contributed by atoms with Crippen molar-refractivity contribution in [1.82, 2.24) is 0 Å². The topological polar surface area (TPSA) is 40.9 Å². The van der Waals surface area contributed by atoms with Crippen LogP contribution < -0.4 is 35.2 Å². The normalized spacial score (nSPS) is 9.16. The van der Waals surface area contributed by atoms with E-state index >= 15 is 0 Å². The summed E-state index contributed by atoms with van der Waals surface area (Å²) >= 11 is 0. The molecule has 6 heteroatoms. The predicted octanol–water partition coefficient (Wildman–Crippen LogP) is 0.710. The van der Waals surface area contributed by atoms with Gasteiger partial charge in [0, 0.05) is 5.56 Å². The molecule has 0 aliphatic carbocycles. The van der Waals surface area contributed by atoms with Gasteiger partial charge in [-0.15, -0.1) is 29.7 Å². The van der Waals surface area contributed by atoms with Crippen molar-refractivity contribution in [2.24, 2.45) is 0 Å². The Morgan fingerprint density at radius 3 is 1.62 bits per heavy atom. The summed E-state index contributed by atoms with van der Waals surface area (Å²) in [5.41, 5.74) is 10.5. The summed E-state index contributed by atoms with van der Waals surface area (Å²) in [5, 5.41) is 5.46. The van der Waals surface area contributed by atoms with E-state index in [1.165, 1.54) is 21.1 Å². The minimum atomic E-state index is -0.593. The smallest absolute Gasteiger partial charge is 1.00 e. The van der Waals surface area contributed by atoms with Crippen molar-refractivity contribution in [2.45, 2.75) is 20.8 Å². The number of benzene rings is 4. The van der Waals surface area contributed by atoms with Crippen molar-refractivity contribution in [3.63, 3.8) is 0 Å². The molecule has 2 nitrogen and oxygen atoms in total. The summed E-state index contributed by atoms with van der Waals surface area (Å²) in [6.07, 6.45) is 0. The van der Waals surface area contributed by atoms with Crippen LogP contribution in [0.15, 0.2) is 115 Å². The summed E-state index contributed by atoms with van der Waals surface area (Å²) in [6.45, 7) is 5.71. The zero-order valence-corrected chi connectivity index (χ0v) is 25.2. The first-order chi connectivity index (χ1) is 16.4. The Labute approximate surface area is 250 Å². The van der Waals surface area contributed by atoms with Gasteiger partial charge in [-0.05, 0) is 31.9 Å². The molecule has 1 amide bonds. The van der Waals surface area contributed by atoms with E-state index in [1.807, 2.05) is 32.9 Å². The maximum Gasteiger partial charge on any atom is 4.00 e. The maximum absolute atomic E-state index is 10.9. The van der Waals surface area contributed by atoms with Gasteiger partial charge in [0.25, 0.3) is 0 Å². The zero-order chi connectivity index (χ0) is 24.3. The van der Waals surface area contributed by atoms with Gasteiger partial charge in [0.05, 0.1) is 5.91 Å². The Kier molecular flexibility index (Phi) is 16.6. The minimum absolute atomic E-state index is 0. The molecule has 0 aliphatic rings. The first-order valence-corrected chi connectivity index (χ1v) is 12.3. The molecule has 0 unspecified atom stereocenters. The Morgan fingerprint density at radius 2 is 1.16 bits per heavy atom. The van der Waals surface area contributed by atoms with Crippen molar-refractivity contribution in [1.29, 1.82) is 0 Å². The van der Waals surface area contributed by atoms with Crippen molar-refractivity contribution >= 4 is 36.6 Å². The van der Waals surface area contributed by atoms with Gasteiger partial charge in [-0.1, -0.05) is 94.8 Å². The van der Waals surface area contributed by atoms with E-state index in [0.717, 1.165) is 26.2 Å². The summed E-state index contributed by atoms with van der Waals surface area (Å²) in [7, 11) is 0.777. The van der Waals surface area contributed by atoms with Gasteiger partial charge in [-0.3, -0.25) is 0 Å². The van der Waals surface area contributed by atoms with E-state index in [9.17, 15) is 4.79 Å². The van der Waals surface area contributed by atoms with Crippen LogP contribution in [0.1, 0.15) is 27.0 Å². The van der Waals surface area contributed by atoms with E-state index < -0.39 is 5.91 Å². The molecule has 186 valence electrons. The number of aryl methyl sites for hydroxylation is 3. The molecule has 0 atom stereocenters. The van der Waals surface area contributed by atoms with Crippen molar-refractivity contribution in [2.75, 3.05) is 0 Å². The van der Waals surface area contributed by atoms with E-state index in [-0.39, 0.29) is 46.5 Å². The van der Waals surface area contributed by atoms with E-state index in [4.69, 9.17) is 5.73 Å². The number of carbonyl (C=O) groups excluding carboxylic acids is 1. The van der Waals surface area contributed by atoms with E-state index in [2.05, 4.69) is 103 Å². The number of hydrogen-bond acceptors (Lipinski definition) is 1. The molecule has 5 aromatic carbocycles. The second kappa shape index (κ2) is 17.8. The van der Waals surface area contributed by atoms with Crippen LogP contribution in [0, 0.1) is 20.8 Å². The number of hydrogen-bond donors (Lipinski definition) is 0. The fraction of sp³-hybridized carbons (Fsp3) is 0.0968. The summed E-state index contributed by atoms with van der Waals surface area (Å²) < 4.78 is 0. The van der Waals surface area contributed by atoms with Gasteiger partial charge >= 0.3 is 21.7 Å². The molecule has 0 aliphatic heterocycles. The Hall–Kier alpha value is -2.53. The quantitative estimate of drug-likeness (QED) is 0.230. The molecule has 0 saturated heterocycles. The maximum atomic E-state index is 10.9. The summed E-state index contributed by atoms with van der Waals surface area (Å²) in [4.78, 5) is 10.9. The zero-order valence-electron chi connectivity index (χ0n) is 21.1. The number of rotatable bonds is 3. The molecule has 0 saturated carbocycles. The molecule has 1 N–H and O–H groups in total. The second-order valence-electron chi connectivity index (χ2n) is 8.11. The molecule has 0 bridgehead atoms.